The molecule has 4 aliphatic rings. The maximum absolute atomic E-state index is 13.0. The maximum atomic E-state index is 13.0. The van der Waals surface area contributed by atoms with Crippen LogP contribution >= 0.6 is 0 Å². The molecule has 0 spiro atoms. The van der Waals surface area contributed by atoms with Crippen molar-refractivity contribution >= 4 is 11.9 Å². The van der Waals surface area contributed by atoms with Crippen molar-refractivity contribution in [1.82, 2.24) is 0 Å². The molecule has 2 aliphatic heterocycles. The van der Waals surface area contributed by atoms with E-state index in [0.717, 1.165) is 11.8 Å². The molecule has 6 rings (SSSR count). The smallest absolute Gasteiger partial charge is 0.338 e. The summed E-state index contributed by atoms with van der Waals surface area (Å²) in [5.41, 5.74) is 3.14. The van der Waals surface area contributed by atoms with Gasteiger partial charge in [0.05, 0.1) is 18.8 Å². The molecule has 2 heterocycles. The number of carbonyl (C=O) groups excluding carboxylic acids is 2. The molecule has 0 bridgehead atoms. The van der Waals surface area contributed by atoms with Crippen molar-refractivity contribution in [3.63, 3.8) is 0 Å². The lowest BCUT2D eigenvalue weighted by Crippen LogP contribution is -2.35. The average Bonchev–Trinajstić information content (AvgIpc) is 3.57. The summed E-state index contributed by atoms with van der Waals surface area (Å²) in [6.45, 7) is 5.04. The fraction of sp³-hybridized carbons (Fsp3) is 0.588. The third kappa shape index (κ3) is 5.99. The average molecular weight is 547 g/mol. The van der Waals surface area contributed by atoms with Crippen LogP contribution in [0.25, 0.3) is 0 Å². The van der Waals surface area contributed by atoms with E-state index >= 15 is 0 Å². The normalized spacial score (nSPS) is 33.8. The first kappa shape index (κ1) is 27.5. The molecule has 2 aromatic carbocycles. The molecule has 4 fully saturated rings. The third-order valence-corrected chi connectivity index (χ3v) is 9.79. The maximum Gasteiger partial charge on any atom is 0.338 e. The van der Waals surface area contributed by atoms with E-state index in [-0.39, 0.29) is 25.2 Å². The van der Waals surface area contributed by atoms with E-state index in [2.05, 4.69) is 38.1 Å². The highest BCUT2D eigenvalue weighted by molar-refractivity contribution is 5.89. The van der Waals surface area contributed by atoms with Gasteiger partial charge in [0.25, 0.3) is 0 Å². The van der Waals surface area contributed by atoms with Crippen LogP contribution in [0.15, 0.2) is 48.5 Å². The van der Waals surface area contributed by atoms with E-state index in [4.69, 9.17) is 18.9 Å². The molecule has 6 heteroatoms. The zero-order valence-corrected chi connectivity index (χ0v) is 23.8. The molecule has 0 radical (unpaired) electrons. The van der Waals surface area contributed by atoms with Crippen LogP contribution in [0.1, 0.15) is 98.5 Å². The Kier molecular flexibility index (Phi) is 8.27. The summed E-state index contributed by atoms with van der Waals surface area (Å²) >= 11 is 0. The van der Waals surface area contributed by atoms with Gasteiger partial charge in [0.1, 0.15) is 23.9 Å². The van der Waals surface area contributed by atoms with Gasteiger partial charge in [0.2, 0.25) is 0 Å². The Morgan fingerprint density at radius 1 is 0.675 bits per heavy atom. The molecule has 0 unspecified atom stereocenters. The van der Waals surface area contributed by atoms with Crippen molar-refractivity contribution in [2.75, 3.05) is 13.2 Å². The Morgan fingerprint density at radius 2 is 1.20 bits per heavy atom. The van der Waals surface area contributed by atoms with Crippen LogP contribution < -0.4 is 4.74 Å². The van der Waals surface area contributed by atoms with E-state index in [9.17, 15) is 9.59 Å². The zero-order valence-electron chi connectivity index (χ0n) is 23.8. The molecule has 0 N–H and O–H groups in total. The molecule has 0 amide bonds. The third-order valence-electron chi connectivity index (χ3n) is 9.79. The number of rotatable bonds is 6. The molecule has 2 aromatic rings. The highest BCUT2D eigenvalue weighted by Gasteiger charge is 2.52. The second kappa shape index (κ2) is 12.0. The summed E-state index contributed by atoms with van der Waals surface area (Å²) in [6.07, 6.45) is 8.42. The lowest BCUT2D eigenvalue weighted by molar-refractivity contribution is -0.142. The lowest BCUT2D eigenvalue weighted by Gasteiger charge is -2.26. The summed E-state index contributed by atoms with van der Waals surface area (Å²) in [5.74, 6) is 2.02. The molecular weight excluding hydrogens is 504 g/mol. The second-order valence-corrected chi connectivity index (χ2v) is 12.7. The molecule has 214 valence electrons. The minimum Gasteiger partial charge on any atom is -0.453 e. The van der Waals surface area contributed by atoms with E-state index in [1.807, 2.05) is 24.3 Å². The van der Waals surface area contributed by atoms with Gasteiger partial charge in [0, 0.05) is 0 Å². The highest BCUT2D eigenvalue weighted by atomic mass is 16.6. The molecule has 4 atom stereocenters. The lowest BCUT2D eigenvalue weighted by atomic mass is 9.79. The Hall–Kier alpha value is -2.70. The summed E-state index contributed by atoms with van der Waals surface area (Å²) in [7, 11) is 0. The summed E-state index contributed by atoms with van der Waals surface area (Å²) in [4.78, 5) is 25.9. The first-order valence-corrected chi connectivity index (χ1v) is 15.3. The molecular formula is C34H42O6. The second-order valence-electron chi connectivity index (χ2n) is 12.7. The van der Waals surface area contributed by atoms with Crippen molar-refractivity contribution in [2.45, 2.75) is 95.4 Å². The van der Waals surface area contributed by atoms with E-state index in [0.29, 0.717) is 23.1 Å². The van der Waals surface area contributed by atoms with Gasteiger partial charge >= 0.3 is 11.9 Å². The fourth-order valence-corrected chi connectivity index (χ4v) is 7.05. The van der Waals surface area contributed by atoms with Gasteiger partial charge in [-0.25, -0.2) is 4.79 Å². The van der Waals surface area contributed by atoms with E-state index in [1.54, 1.807) is 0 Å². The quantitative estimate of drug-likeness (QED) is 0.293. The number of hydrogen-bond acceptors (Lipinski definition) is 6. The summed E-state index contributed by atoms with van der Waals surface area (Å²) in [5, 5.41) is 0. The van der Waals surface area contributed by atoms with Crippen molar-refractivity contribution in [1.29, 1.82) is 0 Å². The van der Waals surface area contributed by atoms with Gasteiger partial charge in [0.15, 0.2) is 6.10 Å². The SMILES string of the molecule is CC1CCC(c2ccc(OC(=O)[C@H]3CO[C@H]4[C@@H]3OC[C@H]4OC(=O)c3ccc(C4CCC(C)CC4)cc3)cc2)CC1. The Labute approximate surface area is 237 Å². The van der Waals surface area contributed by atoms with E-state index < -0.39 is 24.2 Å². The van der Waals surface area contributed by atoms with Crippen LogP contribution in [-0.2, 0) is 19.0 Å². The predicted molar refractivity (Wildman–Crippen MR) is 151 cm³/mol. The molecule has 2 saturated heterocycles. The van der Waals surface area contributed by atoms with Crippen molar-refractivity contribution in [3.8, 4) is 5.75 Å². The Bertz CT molecular complexity index is 1160. The van der Waals surface area contributed by atoms with Crippen LogP contribution in [0.3, 0.4) is 0 Å². The largest absolute Gasteiger partial charge is 0.453 e. The van der Waals surface area contributed by atoms with Crippen molar-refractivity contribution in [3.05, 3.63) is 65.2 Å². The van der Waals surface area contributed by atoms with Crippen LogP contribution in [0.2, 0.25) is 0 Å². The van der Waals surface area contributed by atoms with Gasteiger partial charge < -0.3 is 18.9 Å². The van der Waals surface area contributed by atoms with Gasteiger partial charge in [-0.3, -0.25) is 4.79 Å². The molecule has 2 aliphatic carbocycles. The van der Waals surface area contributed by atoms with Crippen LogP contribution in [0.4, 0.5) is 0 Å². The highest BCUT2D eigenvalue weighted by Crippen LogP contribution is 2.38. The van der Waals surface area contributed by atoms with Crippen molar-refractivity contribution in [2.24, 2.45) is 17.8 Å². The Morgan fingerprint density at radius 3 is 1.77 bits per heavy atom. The molecule has 0 aromatic heterocycles. The predicted octanol–water partition coefficient (Wildman–Crippen LogP) is 6.82. The monoisotopic (exact) mass is 546 g/mol. The molecule has 40 heavy (non-hydrogen) atoms. The zero-order chi connectivity index (χ0) is 27.6. The standard InChI is InChI=1S/C34H42O6/c1-21-3-7-23(8-4-21)25-11-13-27(14-12-25)33(35)40-30-20-38-31-29(19-37-32(30)31)34(36)39-28-17-15-26(16-18-28)24-9-5-22(2)6-10-24/h11-18,21-24,29-32H,3-10,19-20H2,1-2H3/t21?,22?,23?,24?,29-,30+,31+,32+/m0/s1. The van der Waals surface area contributed by atoms with Gasteiger partial charge in [-0.05, 0) is 84.7 Å². The van der Waals surface area contributed by atoms with Crippen molar-refractivity contribution < 1.29 is 28.5 Å². The number of ether oxygens (including phenoxy) is 4. The van der Waals surface area contributed by atoms with E-state index in [1.165, 1.54) is 62.5 Å². The van der Waals surface area contributed by atoms with Crippen LogP contribution in [0, 0.1) is 17.8 Å². The molecule has 6 nitrogen and oxygen atoms in total. The van der Waals surface area contributed by atoms with Gasteiger partial charge in [-0.15, -0.1) is 0 Å². The number of carbonyl (C=O) groups is 2. The first-order valence-electron chi connectivity index (χ1n) is 15.3. The number of fused-ring (bicyclic) bond motifs is 1. The van der Waals surface area contributed by atoms with Gasteiger partial charge in [-0.2, -0.15) is 0 Å². The number of benzene rings is 2. The van der Waals surface area contributed by atoms with Crippen LogP contribution in [-0.4, -0.2) is 43.5 Å². The number of esters is 2. The Balaban J connectivity index is 1.00. The van der Waals surface area contributed by atoms with Crippen LogP contribution in [0.5, 0.6) is 5.75 Å². The summed E-state index contributed by atoms with van der Waals surface area (Å²) < 4.78 is 23.3. The first-order chi connectivity index (χ1) is 19.4. The molecule has 2 saturated carbocycles. The topological polar surface area (TPSA) is 71.1 Å². The minimum atomic E-state index is -0.550. The minimum absolute atomic E-state index is 0.190. The summed E-state index contributed by atoms with van der Waals surface area (Å²) in [6, 6.07) is 15.8. The fourth-order valence-electron chi connectivity index (χ4n) is 7.05. The van der Waals surface area contributed by atoms with Gasteiger partial charge in [-0.1, -0.05) is 63.8 Å². The number of hydrogen-bond donors (Lipinski definition) is 0.